The Morgan fingerprint density at radius 3 is 2.57 bits per heavy atom. The zero-order valence-electron chi connectivity index (χ0n) is 17.1. The van der Waals surface area contributed by atoms with E-state index in [-0.39, 0.29) is 36.0 Å². The van der Waals surface area contributed by atoms with E-state index in [1.165, 1.54) is 5.56 Å². The van der Waals surface area contributed by atoms with Crippen LogP contribution in [0.5, 0.6) is 17.2 Å². The molecule has 2 N–H and O–H groups in total. The number of amides is 1. The van der Waals surface area contributed by atoms with Crippen LogP contribution in [-0.2, 0) is 4.79 Å². The maximum atomic E-state index is 11.9. The normalized spacial score (nSPS) is 11.8. The van der Waals surface area contributed by atoms with Gasteiger partial charge >= 0.3 is 0 Å². The fourth-order valence-electron chi connectivity index (χ4n) is 2.57. The molecular weight excluding hydrogens is 390 g/mol. The quantitative estimate of drug-likeness (QED) is 0.346. The van der Waals surface area contributed by atoms with E-state index in [0.29, 0.717) is 11.7 Å². The van der Waals surface area contributed by atoms with Crippen LogP contribution in [0.2, 0.25) is 0 Å². The lowest BCUT2D eigenvalue weighted by Crippen LogP contribution is -2.24. The number of nitrogens with one attached hydrogen (secondary N) is 1. The Morgan fingerprint density at radius 1 is 1.27 bits per heavy atom. The van der Waals surface area contributed by atoms with Crippen LogP contribution in [-0.4, -0.2) is 35.4 Å². The minimum absolute atomic E-state index is 0.0366. The van der Waals surface area contributed by atoms with Gasteiger partial charge in [-0.3, -0.25) is 14.9 Å². The summed E-state index contributed by atoms with van der Waals surface area (Å²) < 4.78 is 10.6. The molecule has 0 aliphatic heterocycles. The second kappa shape index (κ2) is 10.8. The lowest BCUT2D eigenvalue weighted by molar-refractivity contribution is -0.385. The number of carbonyl (C=O) groups is 1. The molecule has 0 unspecified atom stereocenters. The number of rotatable bonds is 10. The molecule has 1 amide bonds. The summed E-state index contributed by atoms with van der Waals surface area (Å²) in [5.41, 5.74) is 3.21. The zero-order chi connectivity index (χ0) is 22.1. The number of phenols is 1. The highest BCUT2D eigenvalue weighted by Gasteiger charge is 2.16. The van der Waals surface area contributed by atoms with Gasteiger partial charge in [-0.25, -0.2) is 5.43 Å². The summed E-state index contributed by atoms with van der Waals surface area (Å²) >= 11 is 0. The van der Waals surface area contributed by atoms with E-state index < -0.39 is 10.8 Å². The first-order valence-corrected chi connectivity index (χ1v) is 9.54. The van der Waals surface area contributed by atoms with E-state index in [4.69, 9.17) is 9.47 Å². The SMILES string of the molecule is CCOc1cc([N+](=O)[O-])cc(C=NNC(=O)COc2ccc([C@H](C)CC)cc2)c1O. The van der Waals surface area contributed by atoms with E-state index in [1.54, 1.807) is 19.1 Å². The summed E-state index contributed by atoms with van der Waals surface area (Å²) in [5.74, 6) is 0.137. The first kappa shape index (κ1) is 22.7. The van der Waals surface area contributed by atoms with Crippen LogP contribution in [0, 0.1) is 10.1 Å². The monoisotopic (exact) mass is 415 g/mol. The summed E-state index contributed by atoms with van der Waals surface area (Å²) in [6, 6.07) is 9.77. The van der Waals surface area contributed by atoms with Gasteiger partial charge in [0.05, 0.1) is 23.8 Å². The number of phenolic OH excluding ortho intramolecular Hbond substituents is 1. The Bertz CT molecular complexity index is 912. The molecule has 0 aliphatic rings. The largest absolute Gasteiger partial charge is 0.504 e. The highest BCUT2D eigenvalue weighted by atomic mass is 16.6. The van der Waals surface area contributed by atoms with Crippen LogP contribution in [0.15, 0.2) is 41.5 Å². The molecule has 0 radical (unpaired) electrons. The Morgan fingerprint density at radius 2 is 1.97 bits per heavy atom. The highest BCUT2D eigenvalue weighted by molar-refractivity contribution is 5.87. The average molecular weight is 415 g/mol. The zero-order valence-corrected chi connectivity index (χ0v) is 17.1. The van der Waals surface area contributed by atoms with Gasteiger partial charge in [0.15, 0.2) is 18.1 Å². The molecule has 2 aromatic carbocycles. The first-order valence-electron chi connectivity index (χ1n) is 9.54. The molecule has 0 saturated heterocycles. The molecule has 2 rings (SSSR count). The molecule has 9 nitrogen and oxygen atoms in total. The second-order valence-corrected chi connectivity index (χ2v) is 6.53. The smallest absolute Gasteiger partial charge is 0.277 e. The van der Waals surface area contributed by atoms with E-state index in [2.05, 4.69) is 24.4 Å². The van der Waals surface area contributed by atoms with Crippen molar-refractivity contribution in [3.8, 4) is 17.2 Å². The van der Waals surface area contributed by atoms with Crippen LogP contribution in [0.1, 0.15) is 44.2 Å². The predicted molar refractivity (Wildman–Crippen MR) is 112 cm³/mol. The van der Waals surface area contributed by atoms with Crippen LogP contribution in [0.3, 0.4) is 0 Å². The predicted octanol–water partition coefficient (Wildman–Crippen LogP) is 3.74. The molecule has 2 aromatic rings. The number of non-ortho nitro benzene ring substituents is 1. The van der Waals surface area contributed by atoms with E-state index in [9.17, 15) is 20.0 Å². The van der Waals surface area contributed by atoms with Crippen molar-refractivity contribution in [1.29, 1.82) is 0 Å². The molecule has 0 bridgehead atoms. The van der Waals surface area contributed by atoms with E-state index in [0.717, 1.165) is 24.8 Å². The number of aromatic hydroxyl groups is 1. The molecule has 1 atom stereocenters. The Labute approximate surface area is 174 Å². The third kappa shape index (κ3) is 6.20. The van der Waals surface area contributed by atoms with Crippen molar-refractivity contribution in [3.05, 3.63) is 57.6 Å². The topological polar surface area (TPSA) is 123 Å². The molecule has 0 saturated carbocycles. The standard InChI is InChI=1S/C21H25N3O6/c1-4-14(3)15-6-8-18(9-7-15)30-13-20(25)23-22-12-16-10-17(24(27)28)11-19(21(16)26)29-5-2/h6-12,14,26H,4-5,13H2,1-3H3,(H,23,25)/t14-/m1/s1. The van der Waals surface area contributed by atoms with Gasteiger partial charge in [-0.05, 0) is 37.0 Å². The van der Waals surface area contributed by atoms with Gasteiger partial charge in [0.2, 0.25) is 0 Å². The molecule has 0 heterocycles. The van der Waals surface area contributed by atoms with Crippen molar-refractivity contribution in [2.75, 3.05) is 13.2 Å². The lowest BCUT2D eigenvalue weighted by atomic mass is 9.99. The van der Waals surface area contributed by atoms with Gasteiger partial charge < -0.3 is 14.6 Å². The number of ether oxygens (including phenoxy) is 2. The summed E-state index contributed by atoms with van der Waals surface area (Å²) in [7, 11) is 0. The van der Waals surface area contributed by atoms with Gasteiger partial charge in [-0.15, -0.1) is 0 Å². The second-order valence-electron chi connectivity index (χ2n) is 6.53. The number of hydrazone groups is 1. The molecule has 30 heavy (non-hydrogen) atoms. The molecule has 160 valence electrons. The van der Waals surface area contributed by atoms with Crippen LogP contribution in [0.25, 0.3) is 0 Å². The van der Waals surface area contributed by atoms with Gasteiger partial charge in [-0.2, -0.15) is 5.10 Å². The van der Waals surface area contributed by atoms with Crippen LogP contribution in [0.4, 0.5) is 5.69 Å². The van der Waals surface area contributed by atoms with Gasteiger partial charge in [0.25, 0.3) is 11.6 Å². The summed E-state index contributed by atoms with van der Waals surface area (Å²) in [6.07, 6.45) is 2.14. The van der Waals surface area contributed by atoms with Crippen molar-refractivity contribution in [2.45, 2.75) is 33.1 Å². The molecule has 0 spiro atoms. The number of hydrogen-bond acceptors (Lipinski definition) is 7. The molecule has 0 fully saturated rings. The van der Waals surface area contributed by atoms with Gasteiger partial charge in [0.1, 0.15) is 5.75 Å². The average Bonchev–Trinajstić information content (AvgIpc) is 2.74. The molecular formula is C21H25N3O6. The number of hydrogen-bond donors (Lipinski definition) is 2. The third-order valence-electron chi connectivity index (χ3n) is 4.42. The molecule has 0 aromatic heterocycles. The van der Waals surface area contributed by atoms with Crippen LogP contribution < -0.4 is 14.9 Å². The number of nitro groups is 1. The number of nitrogens with zero attached hydrogens (tertiary/aromatic N) is 2. The minimum Gasteiger partial charge on any atom is -0.504 e. The summed E-state index contributed by atoms with van der Waals surface area (Å²) in [4.78, 5) is 22.3. The van der Waals surface area contributed by atoms with Gasteiger partial charge in [-0.1, -0.05) is 26.0 Å². The first-order chi connectivity index (χ1) is 14.3. The minimum atomic E-state index is -0.613. The van der Waals surface area contributed by atoms with Crippen molar-refractivity contribution in [2.24, 2.45) is 5.10 Å². The fraction of sp³-hybridized carbons (Fsp3) is 0.333. The lowest BCUT2D eigenvalue weighted by Gasteiger charge is -2.10. The third-order valence-corrected chi connectivity index (χ3v) is 4.42. The number of carbonyl (C=O) groups excluding carboxylic acids is 1. The van der Waals surface area contributed by atoms with Crippen molar-refractivity contribution in [3.63, 3.8) is 0 Å². The summed E-state index contributed by atoms with van der Waals surface area (Å²) in [5, 5.41) is 24.9. The van der Waals surface area contributed by atoms with Gasteiger partial charge in [0, 0.05) is 11.6 Å². The fourth-order valence-corrected chi connectivity index (χ4v) is 2.57. The van der Waals surface area contributed by atoms with Crippen molar-refractivity contribution in [1.82, 2.24) is 5.43 Å². The Hall–Kier alpha value is -3.62. The maximum Gasteiger partial charge on any atom is 0.277 e. The van der Waals surface area contributed by atoms with Crippen molar-refractivity contribution < 1.29 is 24.3 Å². The highest BCUT2D eigenvalue weighted by Crippen LogP contribution is 2.33. The number of benzene rings is 2. The maximum absolute atomic E-state index is 11.9. The molecule has 0 aliphatic carbocycles. The Balaban J connectivity index is 1.96. The van der Waals surface area contributed by atoms with Crippen molar-refractivity contribution >= 4 is 17.8 Å². The summed E-state index contributed by atoms with van der Waals surface area (Å²) in [6.45, 7) is 5.90. The number of nitro benzene ring substituents is 1. The molecule has 9 heteroatoms. The van der Waals surface area contributed by atoms with E-state index >= 15 is 0 Å². The Kier molecular flexibility index (Phi) is 8.16. The van der Waals surface area contributed by atoms with Crippen LogP contribution >= 0.6 is 0 Å². The van der Waals surface area contributed by atoms with E-state index in [1.807, 2.05) is 12.1 Å².